The monoisotopic (exact) mass is 324 g/mol. The zero-order chi connectivity index (χ0) is 17.3. The zero-order valence-electron chi connectivity index (χ0n) is 16.6. The minimum atomic E-state index is 0.135. The molecule has 0 unspecified atom stereocenters. The summed E-state index contributed by atoms with van der Waals surface area (Å²) in [6, 6.07) is 0. The van der Waals surface area contributed by atoms with E-state index in [0.29, 0.717) is 0 Å². The molecule has 1 aliphatic heterocycles. The lowest BCUT2D eigenvalue weighted by molar-refractivity contribution is -0.288. The molecule has 0 amide bonds. The van der Waals surface area contributed by atoms with E-state index in [1.807, 2.05) is 0 Å². The second kappa shape index (κ2) is 10.0. The first-order valence-corrected chi connectivity index (χ1v) is 10.1. The van der Waals surface area contributed by atoms with Crippen LogP contribution in [0, 0.1) is 12.8 Å². The van der Waals surface area contributed by atoms with Gasteiger partial charge in [0.25, 0.3) is 0 Å². The van der Waals surface area contributed by atoms with Crippen molar-refractivity contribution in [1.82, 2.24) is 5.06 Å². The van der Waals surface area contributed by atoms with Crippen LogP contribution in [-0.4, -0.2) is 22.7 Å². The molecule has 0 N–H and O–H groups in total. The van der Waals surface area contributed by atoms with E-state index in [1.165, 1.54) is 64.2 Å². The number of hydroxylamine groups is 2. The third-order valence-corrected chi connectivity index (χ3v) is 5.26. The molecule has 0 aromatic carbocycles. The summed E-state index contributed by atoms with van der Waals surface area (Å²) in [4.78, 5) is 6.29. The van der Waals surface area contributed by atoms with Crippen LogP contribution in [0.1, 0.15) is 105 Å². The van der Waals surface area contributed by atoms with E-state index in [4.69, 9.17) is 4.84 Å². The predicted molar refractivity (Wildman–Crippen MR) is 101 cm³/mol. The lowest BCUT2D eigenvalue weighted by atomic mass is 9.73. The Kier molecular flexibility index (Phi) is 9.15. The van der Waals surface area contributed by atoms with Crippen LogP contribution < -0.4 is 0 Å². The molecule has 23 heavy (non-hydrogen) atoms. The van der Waals surface area contributed by atoms with Crippen LogP contribution in [0.25, 0.3) is 0 Å². The van der Waals surface area contributed by atoms with Gasteiger partial charge in [0.05, 0.1) is 6.61 Å². The molecule has 0 saturated carbocycles. The first kappa shape index (κ1) is 21.0. The standard InChI is InChI=1S/C21H42NO/c1-7-9-11-12-13-14-16-23-22-20(3,4)17-19(15-10-8-2)18-21(22,5)6/h19H,2,7-18H2,1,3-6H3. The Morgan fingerprint density at radius 1 is 0.913 bits per heavy atom. The fourth-order valence-electron chi connectivity index (χ4n) is 4.50. The number of nitrogens with zero attached hydrogens (tertiary/aromatic N) is 1. The molecule has 0 bridgehead atoms. The summed E-state index contributed by atoms with van der Waals surface area (Å²) in [5.74, 6) is 0.815. The molecule has 1 saturated heterocycles. The van der Waals surface area contributed by atoms with E-state index in [1.54, 1.807) is 0 Å². The Labute approximate surface area is 146 Å². The normalized spacial score (nSPS) is 21.7. The maximum atomic E-state index is 6.29. The van der Waals surface area contributed by atoms with E-state index in [2.05, 4.69) is 46.6 Å². The first-order chi connectivity index (χ1) is 10.8. The first-order valence-electron chi connectivity index (χ1n) is 10.1. The Morgan fingerprint density at radius 3 is 2.04 bits per heavy atom. The SMILES string of the molecule is [CH2]CCCC1CC(C)(C)N(OCCCCCCCC)C(C)(C)C1. The van der Waals surface area contributed by atoms with Crippen molar-refractivity contribution in [1.29, 1.82) is 0 Å². The second-order valence-electron chi connectivity index (χ2n) is 8.79. The molecule has 2 nitrogen and oxygen atoms in total. The molecule has 137 valence electrons. The lowest BCUT2D eigenvalue weighted by Crippen LogP contribution is -2.60. The Morgan fingerprint density at radius 2 is 1.48 bits per heavy atom. The van der Waals surface area contributed by atoms with Crippen molar-refractivity contribution in [2.45, 2.75) is 116 Å². The van der Waals surface area contributed by atoms with Crippen molar-refractivity contribution in [3.63, 3.8) is 0 Å². The van der Waals surface area contributed by atoms with Gasteiger partial charge in [0.1, 0.15) is 0 Å². The molecule has 1 rings (SSSR count). The maximum absolute atomic E-state index is 6.29. The molecule has 0 aliphatic carbocycles. The molecule has 0 aromatic heterocycles. The number of hydrogen-bond donors (Lipinski definition) is 0. The van der Waals surface area contributed by atoms with Gasteiger partial charge in [0.2, 0.25) is 0 Å². The quantitative estimate of drug-likeness (QED) is 0.399. The van der Waals surface area contributed by atoms with Gasteiger partial charge in [-0.2, -0.15) is 5.06 Å². The fourth-order valence-corrected chi connectivity index (χ4v) is 4.50. The molecular formula is C21H42NO. The average Bonchev–Trinajstić information content (AvgIpc) is 2.45. The zero-order valence-corrected chi connectivity index (χ0v) is 16.6. The van der Waals surface area contributed by atoms with Gasteiger partial charge < -0.3 is 0 Å². The molecule has 1 radical (unpaired) electrons. The van der Waals surface area contributed by atoms with E-state index in [9.17, 15) is 0 Å². The number of rotatable bonds is 11. The average molecular weight is 325 g/mol. The minimum Gasteiger partial charge on any atom is -0.298 e. The van der Waals surface area contributed by atoms with Crippen molar-refractivity contribution < 1.29 is 4.84 Å². The van der Waals surface area contributed by atoms with Gasteiger partial charge in [0.15, 0.2) is 0 Å². The lowest BCUT2D eigenvalue weighted by Gasteiger charge is -2.54. The number of unbranched alkanes of at least 4 members (excludes halogenated alkanes) is 6. The van der Waals surface area contributed by atoms with Gasteiger partial charge in [-0.3, -0.25) is 4.84 Å². The fraction of sp³-hybridized carbons (Fsp3) is 0.952. The van der Waals surface area contributed by atoms with E-state index in [-0.39, 0.29) is 11.1 Å². The molecule has 1 aliphatic rings. The molecule has 1 fully saturated rings. The van der Waals surface area contributed by atoms with Crippen LogP contribution in [0.15, 0.2) is 0 Å². The largest absolute Gasteiger partial charge is 0.298 e. The van der Waals surface area contributed by atoms with Crippen LogP contribution in [0.3, 0.4) is 0 Å². The summed E-state index contributed by atoms with van der Waals surface area (Å²) < 4.78 is 0. The van der Waals surface area contributed by atoms with Crippen molar-refractivity contribution in [2.24, 2.45) is 5.92 Å². The minimum absolute atomic E-state index is 0.135. The van der Waals surface area contributed by atoms with Crippen LogP contribution in [0.2, 0.25) is 0 Å². The molecule has 0 aromatic rings. The third-order valence-electron chi connectivity index (χ3n) is 5.26. The molecule has 0 atom stereocenters. The van der Waals surface area contributed by atoms with Crippen LogP contribution >= 0.6 is 0 Å². The summed E-state index contributed by atoms with van der Waals surface area (Å²) in [5, 5.41) is 2.33. The molecule has 2 heteroatoms. The maximum Gasteiger partial charge on any atom is 0.0685 e. The van der Waals surface area contributed by atoms with Crippen molar-refractivity contribution >= 4 is 0 Å². The van der Waals surface area contributed by atoms with Gasteiger partial charge in [-0.25, -0.2) is 0 Å². The van der Waals surface area contributed by atoms with Gasteiger partial charge in [0, 0.05) is 11.1 Å². The summed E-state index contributed by atoms with van der Waals surface area (Å²) in [5.41, 5.74) is 0.269. The van der Waals surface area contributed by atoms with E-state index >= 15 is 0 Å². The van der Waals surface area contributed by atoms with Crippen LogP contribution in [0.4, 0.5) is 0 Å². The molecule has 1 heterocycles. The van der Waals surface area contributed by atoms with Gasteiger partial charge in [-0.15, -0.1) is 0 Å². The molecular weight excluding hydrogens is 282 g/mol. The highest BCUT2D eigenvalue weighted by Crippen LogP contribution is 2.43. The number of hydrogen-bond acceptors (Lipinski definition) is 2. The summed E-state index contributed by atoms with van der Waals surface area (Å²) >= 11 is 0. The Hall–Kier alpha value is -0.0800. The van der Waals surface area contributed by atoms with Crippen molar-refractivity contribution in [2.75, 3.05) is 6.61 Å². The Balaban J connectivity index is 2.41. The van der Waals surface area contributed by atoms with E-state index in [0.717, 1.165) is 18.9 Å². The second-order valence-corrected chi connectivity index (χ2v) is 8.79. The van der Waals surface area contributed by atoms with Crippen molar-refractivity contribution in [3.8, 4) is 0 Å². The van der Waals surface area contributed by atoms with Gasteiger partial charge >= 0.3 is 0 Å². The summed E-state index contributed by atoms with van der Waals surface area (Å²) in [6.07, 6.45) is 14.1. The van der Waals surface area contributed by atoms with E-state index < -0.39 is 0 Å². The highest BCUT2D eigenvalue weighted by atomic mass is 16.7. The topological polar surface area (TPSA) is 12.5 Å². The summed E-state index contributed by atoms with van der Waals surface area (Å²) in [7, 11) is 0. The summed E-state index contributed by atoms with van der Waals surface area (Å²) in [6.45, 7) is 16.6. The smallest absolute Gasteiger partial charge is 0.0685 e. The van der Waals surface area contributed by atoms with Crippen molar-refractivity contribution in [3.05, 3.63) is 6.92 Å². The van der Waals surface area contributed by atoms with Crippen LogP contribution in [0.5, 0.6) is 0 Å². The molecule has 0 spiro atoms. The predicted octanol–water partition coefficient (Wildman–Crippen LogP) is 6.55. The van der Waals surface area contributed by atoms with Gasteiger partial charge in [-0.1, -0.05) is 65.2 Å². The number of piperidine rings is 1. The Bertz CT molecular complexity index is 293. The highest BCUT2D eigenvalue weighted by molar-refractivity contribution is 4.96. The highest BCUT2D eigenvalue weighted by Gasteiger charge is 2.46. The third kappa shape index (κ3) is 7.13. The van der Waals surface area contributed by atoms with Crippen LogP contribution in [-0.2, 0) is 4.84 Å². The van der Waals surface area contributed by atoms with Gasteiger partial charge in [-0.05, 0) is 52.9 Å².